The molecule has 1 aromatic carbocycles. The first-order chi connectivity index (χ1) is 18.6. The maximum atomic E-state index is 12.9. The number of aromatic nitrogens is 1. The average molecular weight is 544 g/mol. The predicted molar refractivity (Wildman–Crippen MR) is 141 cm³/mol. The highest BCUT2D eigenvalue weighted by Gasteiger charge is 2.53. The van der Waals surface area contributed by atoms with Gasteiger partial charge in [0.2, 0.25) is 5.91 Å². The van der Waals surface area contributed by atoms with Gasteiger partial charge in [-0.25, -0.2) is 9.78 Å². The first-order valence-corrected chi connectivity index (χ1v) is 13.5. The molecule has 3 aliphatic heterocycles. The van der Waals surface area contributed by atoms with E-state index in [4.69, 9.17) is 9.72 Å². The zero-order chi connectivity index (χ0) is 27.3. The van der Waals surface area contributed by atoms with Crippen LogP contribution in [0, 0.1) is 24.7 Å². The lowest BCUT2D eigenvalue weighted by Gasteiger charge is -2.29. The summed E-state index contributed by atoms with van der Waals surface area (Å²) in [4.78, 5) is 36.0. The van der Waals surface area contributed by atoms with Gasteiger partial charge in [-0.05, 0) is 72.6 Å². The third-order valence-corrected chi connectivity index (χ3v) is 8.23. The van der Waals surface area contributed by atoms with E-state index in [0.717, 1.165) is 28.9 Å². The van der Waals surface area contributed by atoms with Gasteiger partial charge in [0.15, 0.2) is 0 Å². The smallest absolute Gasteiger partial charge is 0.378 e. The molecule has 1 aliphatic carbocycles. The molecule has 4 fully saturated rings. The number of hydrogen-bond acceptors (Lipinski definition) is 5. The number of urea groups is 1. The van der Waals surface area contributed by atoms with E-state index in [1.807, 2.05) is 31.2 Å². The molecule has 4 aliphatic rings. The summed E-state index contributed by atoms with van der Waals surface area (Å²) < 4.78 is 43.9. The largest absolute Gasteiger partial charge is 0.389 e. The van der Waals surface area contributed by atoms with Gasteiger partial charge in [0.1, 0.15) is 11.6 Å². The number of aryl methyl sites for hydroxylation is 1. The summed E-state index contributed by atoms with van der Waals surface area (Å²) in [6.45, 7) is 5.67. The molecular formula is C28H32F3N5O3. The van der Waals surface area contributed by atoms with Crippen LogP contribution in [-0.2, 0) is 9.53 Å². The van der Waals surface area contributed by atoms with Crippen LogP contribution >= 0.6 is 0 Å². The molecule has 3 atom stereocenters. The number of ether oxygens (including phenoxy) is 1. The molecule has 3 saturated heterocycles. The molecule has 8 nitrogen and oxygen atoms in total. The van der Waals surface area contributed by atoms with Crippen LogP contribution in [-0.4, -0.2) is 73.9 Å². The highest BCUT2D eigenvalue weighted by atomic mass is 19.4. The van der Waals surface area contributed by atoms with E-state index in [-0.39, 0.29) is 18.4 Å². The molecule has 2 aromatic rings. The molecular weight excluding hydrogens is 511 g/mol. The molecule has 1 N–H and O–H groups in total. The van der Waals surface area contributed by atoms with Crippen molar-refractivity contribution in [3.05, 3.63) is 35.9 Å². The van der Waals surface area contributed by atoms with Gasteiger partial charge in [0.05, 0.1) is 13.2 Å². The molecule has 1 aromatic heterocycles. The van der Waals surface area contributed by atoms with E-state index >= 15 is 0 Å². The normalized spacial score (nSPS) is 24.8. The van der Waals surface area contributed by atoms with Crippen LogP contribution in [0.15, 0.2) is 30.3 Å². The summed E-state index contributed by atoms with van der Waals surface area (Å²) in [7, 11) is 0. The second kappa shape index (κ2) is 10.0. The number of nitrogens with zero attached hydrogens (tertiary/aromatic N) is 4. The fraction of sp³-hybridized carbons (Fsp3) is 0.536. The third kappa shape index (κ3) is 5.54. The van der Waals surface area contributed by atoms with Crippen LogP contribution in [0.25, 0.3) is 11.1 Å². The van der Waals surface area contributed by atoms with Crippen LogP contribution in [0.1, 0.15) is 24.8 Å². The number of pyridine rings is 1. The minimum Gasteiger partial charge on any atom is -0.378 e. The summed E-state index contributed by atoms with van der Waals surface area (Å²) in [6, 6.07) is 9.12. The number of fused-ring (bicyclic) bond motifs is 1. The second-order valence-electron chi connectivity index (χ2n) is 11.1. The predicted octanol–water partition coefficient (Wildman–Crippen LogP) is 4.68. The average Bonchev–Trinajstić information content (AvgIpc) is 3.41. The maximum absolute atomic E-state index is 12.9. The summed E-state index contributed by atoms with van der Waals surface area (Å²) in [5.74, 6) is 1.50. The highest BCUT2D eigenvalue weighted by molar-refractivity contribution is 6.00. The van der Waals surface area contributed by atoms with Crippen molar-refractivity contribution in [2.45, 2.75) is 32.4 Å². The van der Waals surface area contributed by atoms with Crippen LogP contribution in [0.4, 0.5) is 35.3 Å². The molecule has 6 rings (SSSR count). The van der Waals surface area contributed by atoms with Gasteiger partial charge in [-0.15, -0.1) is 0 Å². The van der Waals surface area contributed by atoms with E-state index in [1.165, 1.54) is 4.90 Å². The number of carbonyl (C=O) groups is 2. The van der Waals surface area contributed by atoms with Crippen molar-refractivity contribution in [1.29, 1.82) is 0 Å². The number of halogens is 3. The van der Waals surface area contributed by atoms with E-state index in [9.17, 15) is 22.8 Å². The number of hydrogen-bond donors (Lipinski definition) is 1. The maximum Gasteiger partial charge on any atom is 0.389 e. The van der Waals surface area contributed by atoms with Crippen LogP contribution in [0.2, 0.25) is 0 Å². The Kier molecular flexibility index (Phi) is 6.65. The lowest BCUT2D eigenvalue weighted by Crippen LogP contribution is -2.37. The summed E-state index contributed by atoms with van der Waals surface area (Å²) in [5.41, 5.74) is 3.32. The van der Waals surface area contributed by atoms with Crippen molar-refractivity contribution in [2.75, 3.05) is 61.1 Å². The molecule has 4 heterocycles. The number of piperidine rings is 1. The van der Waals surface area contributed by atoms with Gasteiger partial charge < -0.3 is 19.9 Å². The van der Waals surface area contributed by atoms with Crippen molar-refractivity contribution in [3.8, 4) is 11.1 Å². The Labute approximate surface area is 225 Å². The first-order valence-electron chi connectivity index (χ1n) is 13.5. The van der Waals surface area contributed by atoms with Gasteiger partial charge in [0, 0.05) is 50.7 Å². The second-order valence-corrected chi connectivity index (χ2v) is 11.1. The van der Waals surface area contributed by atoms with Crippen LogP contribution in [0.5, 0.6) is 0 Å². The van der Waals surface area contributed by atoms with E-state index in [2.05, 4.69) is 10.2 Å². The van der Waals surface area contributed by atoms with E-state index < -0.39 is 24.5 Å². The summed E-state index contributed by atoms with van der Waals surface area (Å²) >= 11 is 0. The van der Waals surface area contributed by atoms with Crippen LogP contribution in [0.3, 0.4) is 0 Å². The zero-order valence-electron chi connectivity index (χ0n) is 21.8. The number of nitrogens with one attached hydrogen (secondary N) is 1. The molecule has 0 radical (unpaired) electrons. The number of benzene rings is 1. The minimum absolute atomic E-state index is 0.0898. The molecule has 39 heavy (non-hydrogen) atoms. The van der Waals surface area contributed by atoms with E-state index in [1.54, 1.807) is 11.0 Å². The van der Waals surface area contributed by atoms with Crippen molar-refractivity contribution >= 4 is 29.3 Å². The number of rotatable bonds is 5. The Morgan fingerprint density at radius 3 is 2.59 bits per heavy atom. The molecule has 0 spiro atoms. The lowest BCUT2D eigenvalue weighted by atomic mass is 10.00. The Balaban J connectivity index is 1.25. The Bertz CT molecular complexity index is 1280. The van der Waals surface area contributed by atoms with Gasteiger partial charge >= 0.3 is 12.2 Å². The van der Waals surface area contributed by atoms with Crippen molar-refractivity contribution in [2.24, 2.45) is 17.8 Å². The fourth-order valence-corrected chi connectivity index (χ4v) is 5.96. The molecule has 208 valence electrons. The van der Waals surface area contributed by atoms with Crippen molar-refractivity contribution in [1.82, 2.24) is 9.88 Å². The van der Waals surface area contributed by atoms with Crippen LogP contribution < -0.4 is 15.1 Å². The van der Waals surface area contributed by atoms with Gasteiger partial charge in [-0.2, -0.15) is 13.2 Å². The van der Waals surface area contributed by atoms with E-state index in [0.29, 0.717) is 63.2 Å². The SMILES string of the molecule is Cc1ccc(NC(=O)N2CC[C@@H](CC(F)(F)F)C2)cc1-c1cc(N2CCOCC2)nc(N2CC3CC3C2=O)c1. The summed E-state index contributed by atoms with van der Waals surface area (Å²) in [6.07, 6.45) is -3.80. The zero-order valence-corrected chi connectivity index (χ0v) is 21.8. The number of anilines is 3. The number of alkyl halides is 3. The minimum atomic E-state index is -4.23. The molecule has 11 heteroatoms. The third-order valence-electron chi connectivity index (χ3n) is 8.23. The molecule has 2 unspecified atom stereocenters. The standard InChI is InChI=1S/C28H32F3N5O3/c1-17-2-3-21(32-27(38)35-5-4-18(15-35)14-28(29,30)31)13-22(17)19-11-24(34-6-8-39-9-7-34)33-25(12-19)36-16-20-10-23(20)26(36)37/h2-3,11-13,18,20,23H,4-10,14-16H2,1H3,(H,32,38)/t18-,20?,23?/m0/s1. The van der Waals surface area contributed by atoms with Crippen molar-refractivity contribution < 1.29 is 27.5 Å². The van der Waals surface area contributed by atoms with Crippen molar-refractivity contribution in [3.63, 3.8) is 0 Å². The highest BCUT2D eigenvalue weighted by Crippen LogP contribution is 2.47. The fourth-order valence-electron chi connectivity index (χ4n) is 5.96. The number of likely N-dealkylation sites (tertiary alicyclic amines) is 1. The van der Waals surface area contributed by atoms with Gasteiger partial charge in [-0.1, -0.05) is 6.07 Å². The monoisotopic (exact) mass is 543 g/mol. The molecule has 3 amide bonds. The topological polar surface area (TPSA) is 78.0 Å². The quantitative estimate of drug-likeness (QED) is 0.593. The lowest BCUT2D eigenvalue weighted by molar-refractivity contribution is -0.143. The van der Waals surface area contributed by atoms with Gasteiger partial charge in [0.25, 0.3) is 0 Å². The number of carbonyl (C=O) groups excluding carboxylic acids is 2. The molecule has 1 saturated carbocycles. The first kappa shape index (κ1) is 25.9. The number of morpholine rings is 1. The van der Waals surface area contributed by atoms with Gasteiger partial charge in [-0.3, -0.25) is 9.69 Å². The Hall–Kier alpha value is -3.34. The Morgan fingerprint density at radius 1 is 1.10 bits per heavy atom. The number of amides is 3. The summed E-state index contributed by atoms with van der Waals surface area (Å²) in [5, 5.41) is 2.87. The Morgan fingerprint density at radius 2 is 1.87 bits per heavy atom. The molecule has 0 bridgehead atoms.